The van der Waals surface area contributed by atoms with Gasteiger partial charge in [-0.1, -0.05) is 6.08 Å². The van der Waals surface area contributed by atoms with Crippen LogP contribution >= 0.6 is 0 Å². The minimum absolute atomic E-state index is 0.0208. The standard InChI is InChI=1S/C13H19NO3/c1-13(2,3)17-12(16)14-7-9-5-4-6-11(15)10(9)8-14/h4,6,9-10H,5,7-8H2,1-3H3/t9-,10+/m0/s1. The van der Waals surface area contributed by atoms with Crippen molar-refractivity contribution >= 4 is 11.9 Å². The number of hydrogen-bond acceptors (Lipinski definition) is 3. The normalized spacial score (nSPS) is 28.2. The van der Waals surface area contributed by atoms with E-state index in [0.717, 1.165) is 6.42 Å². The van der Waals surface area contributed by atoms with Crippen molar-refractivity contribution in [1.82, 2.24) is 4.90 Å². The Balaban J connectivity index is 1.99. The Labute approximate surface area is 102 Å². The van der Waals surface area contributed by atoms with Crippen LogP contribution in [0.4, 0.5) is 4.79 Å². The van der Waals surface area contributed by atoms with E-state index in [1.165, 1.54) is 0 Å². The van der Waals surface area contributed by atoms with Crippen LogP contribution in [-0.2, 0) is 9.53 Å². The average molecular weight is 237 g/mol. The van der Waals surface area contributed by atoms with E-state index in [1.807, 2.05) is 26.8 Å². The molecule has 1 saturated heterocycles. The van der Waals surface area contributed by atoms with Gasteiger partial charge in [0.1, 0.15) is 5.60 Å². The van der Waals surface area contributed by atoms with Crippen molar-refractivity contribution in [2.24, 2.45) is 11.8 Å². The fourth-order valence-electron chi connectivity index (χ4n) is 2.39. The zero-order chi connectivity index (χ0) is 12.6. The molecule has 2 atom stereocenters. The average Bonchev–Trinajstić information content (AvgIpc) is 2.60. The molecule has 1 fully saturated rings. The molecule has 0 saturated carbocycles. The number of likely N-dealkylation sites (tertiary alicyclic amines) is 1. The van der Waals surface area contributed by atoms with Gasteiger partial charge in [0.2, 0.25) is 0 Å². The first-order valence-electron chi connectivity index (χ1n) is 6.05. The maximum absolute atomic E-state index is 11.9. The maximum atomic E-state index is 11.9. The van der Waals surface area contributed by atoms with Crippen molar-refractivity contribution in [2.45, 2.75) is 32.8 Å². The lowest BCUT2D eigenvalue weighted by molar-refractivity contribution is -0.119. The molecule has 0 aromatic carbocycles. The summed E-state index contributed by atoms with van der Waals surface area (Å²) in [5.74, 6) is 0.403. The predicted octanol–water partition coefficient (Wildman–Crippen LogP) is 2.00. The van der Waals surface area contributed by atoms with Gasteiger partial charge in [0.15, 0.2) is 5.78 Å². The highest BCUT2D eigenvalue weighted by Crippen LogP contribution is 2.31. The molecule has 0 N–H and O–H groups in total. The molecule has 0 bridgehead atoms. The number of ketones is 1. The van der Waals surface area contributed by atoms with E-state index >= 15 is 0 Å². The monoisotopic (exact) mass is 237 g/mol. The van der Waals surface area contributed by atoms with E-state index < -0.39 is 5.60 Å². The lowest BCUT2D eigenvalue weighted by Gasteiger charge is -2.24. The molecule has 1 aliphatic heterocycles. The number of carbonyl (C=O) groups is 2. The third-order valence-corrected chi connectivity index (χ3v) is 3.18. The van der Waals surface area contributed by atoms with Crippen molar-refractivity contribution in [3.05, 3.63) is 12.2 Å². The summed E-state index contributed by atoms with van der Waals surface area (Å²) >= 11 is 0. The van der Waals surface area contributed by atoms with Gasteiger partial charge in [-0.05, 0) is 39.2 Å². The Morgan fingerprint density at radius 3 is 2.71 bits per heavy atom. The van der Waals surface area contributed by atoms with Gasteiger partial charge in [-0.15, -0.1) is 0 Å². The van der Waals surface area contributed by atoms with Crippen LogP contribution < -0.4 is 0 Å². The predicted molar refractivity (Wildman–Crippen MR) is 63.6 cm³/mol. The van der Waals surface area contributed by atoms with Gasteiger partial charge in [-0.2, -0.15) is 0 Å². The minimum Gasteiger partial charge on any atom is -0.444 e. The second-order valence-corrected chi connectivity index (χ2v) is 5.79. The molecule has 0 aromatic rings. The Morgan fingerprint density at radius 2 is 2.12 bits per heavy atom. The second kappa shape index (κ2) is 4.17. The van der Waals surface area contributed by atoms with Crippen LogP contribution in [0.25, 0.3) is 0 Å². The Kier molecular flexibility index (Phi) is 2.98. The van der Waals surface area contributed by atoms with Crippen LogP contribution in [0.1, 0.15) is 27.2 Å². The quantitative estimate of drug-likeness (QED) is 0.647. The highest BCUT2D eigenvalue weighted by molar-refractivity contribution is 5.93. The van der Waals surface area contributed by atoms with E-state index in [1.54, 1.807) is 11.0 Å². The summed E-state index contributed by atoms with van der Waals surface area (Å²) in [6.45, 7) is 6.68. The SMILES string of the molecule is CC(C)(C)OC(=O)N1C[C@@H]2CC=CC(=O)[C@@H]2C1. The molecule has 2 aliphatic rings. The fraction of sp³-hybridized carbons (Fsp3) is 0.692. The van der Waals surface area contributed by atoms with Gasteiger partial charge in [0, 0.05) is 19.0 Å². The van der Waals surface area contributed by atoms with Crippen LogP contribution in [0, 0.1) is 11.8 Å². The van der Waals surface area contributed by atoms with Crippen molar-refractivity contribution in [3.63, 3.8) is 0 Å². The molecule has 0 unspecified atom stereocenters. The largest absolute Gasteiger partial charge is 0.444 e. The second-order valence-electron chi connectivity index (χ2n) is 5.79. The van der Waals surface area contributed by atoms with Gasteiger partial charge >= 0.3 is 6.09 Å². The summed E-state index contributed by atoms with van der Waals surface area (Å²) in [5.41, 5.74) is -0.479. The molecule has 94 valence electrons. The van der Waals surface area contributed by atoms with E-state index in [-0.39, 0.29) is 23.7 Å². The zero-order valence-corrected chi connectivity index (χ0v) is 10.6. The van der Waals surface area contributed by atoms with Crippen molar-refractivity contribution in [2.75, 3.05) is 13.1 Å². The Bertz CT molecular complexity index is 367. The molecule has 2 rings (SSSR count). The molecular weight excluding hydrogens is 218 g/mol. The topological polar surface area (TPSA) is 46.6 Å². The number of hydrogen-bond donors (Lipinski definition) is 0. The van der Waals surface area contributed by atoms with Gasteiger partial charge < -0.3 is 9.64 Å². The van der Waals surface area contributed by atoms with Gasteiger partial charge in [0.05, 0.1) is 0 Å². The number of nitrogens with zero attached hydrogens (tertiary/aromatic N) is 1. The first kappa shape index (κ1) is 12.1. The van der Waals surface area contributed by atoms with Gasteiger partial charge in [-0.3, -0.25) is 4.79 Å². The van der Waals surface area contributed by atoms with Crippen LogP contribution in [0.2, 0.25) is 0 Å². The maximum Gasteiger partial charge on any atom is 0.410 e. The van der Waals surface area contributed by atoms with Crippen molar-refractivity contribution in [1.29, 1.82) is 0 Å². The molecular formula is C13H19NO3. The summed E-state index contributed by atoms with van der Waals surface area (Å²) in [6, 6.07) is 0. The zero-order valence-electron chi connectivity index (χ0n) is 10.6. The molecule has 0 radical (unpaired) electrons. The summed E-state index contributed by atoms with van der Waals surface area (Å²) in [7, 11) is 0. The molecule has 1 aliphatic carbocycles. The van der Waals surface area contributed by atoms with Crippen LogP contribution in [-0.4, -0.2) is 35.5 Å². The summed E-state index contributed by atoms with van der Waals surface area (Å²) < 4.78 is 5.32. The van der Waals surface area contributed by atoms with Crippen LogP contribution in [0.15, 0.2) is 12.2 Å². The first-order valence-corrected chi connectivity index (χ1v) is 6.05. The molecule has 1 amide bonds. The summed E-state index contributed by atoms with van der Waals surface area (Å²) in [6.07, 6.45) is 4.12. The van der Waals surface area contributed by atoms with Crippen LogP contribution in [0.3, 0.4) is 0 Å². The number of carbonyl (C=O) groups excluding carboxylic acids is 2. The van der Waals surface area contributed by atoms with Crippen molar-refractivity contribution < 1.29 is 14.3 Å². The number of rotatable bonds is 0. The van der Waals surface area contributed by atoms with E-state index in [2.05, 4.69) is 0 Å². The molecule has 1 heterocycles. The summed E-state index contributed by atoms with van der Waals surface area (Å²) in [4.78, 5) is 25.2. The molecule has 4 nitrogen and oxygen atoms in total. The number of fused-ring (bicyclic) bond motifs is 1. The van der Waals surface area contributed by atoms with Gasteiger partial charge in [-0.25, -0.2) is 4.79 Å². The fourth-order valence-corrected chi connectivity index (χ4v) is 2.39. The number of allylic oxidation sites excluding steroid dienone is 2. The van der Waals surface area contributed by atoms with E-state index in [4.69, 9.17) is 4.74 Å². The smallest absolute Gasteiger partial charge is 0.410 e. The minimum atomic E-state index is -0.479. The van der Waals surface area contributed by atoms with Gasteiger partial charge in [0.25, 0.3) is 0 Å². The Hall–Kier alpha value is -1.32. The van der Waals surface area contributed by atoms with Crippen molar-refractivity contribution in [3.8, 4) is 0 Å². The number of ether oxygens (including phenoxy) is 1. The molecule has 0 aromatic heterocycles. The third-order valence-electron chi connectivity index (χ3n) is 3.18. The first-order chi connectivity index (χ1) is 7.87. The Morgan fingerprint density at radius 1 is 1.41 bits per heavy atom. The highest BCUT2D eigenvalue weighted by Gasteiger charge is 2.40. The molecule has 4 heteroatoms. The van der Waals surface area contributed by atoms with Crippen LogP contribution in [0.5, 0.6) is 0 Å². The molecule has 0 spiro atoms. The lowest BCUT2D eigenvalue weighted by atomic mass is 9.85. The number of amides is 1. The van der Waals surface area contributed by atoms with E-state index in [9.17, 15) is 9.59 Å². The third kappa shape index (κ3) is 2.68. The van der Waals surface area contributed by atoms with E-state index in [0.29, 0.717) is 13.1 Å². The molecule has 17 heavy (non-hydrogen) atoms. The highest BCUT2D eigenvalue weighted by atomic mass is 16.6. The summed E-state index contributed by atoms with van der Waals surface area (Å²) in [5, 5.41) is 0. The lowest BCUT2D eigenvalue weighted by Crippen LogP contribution is -2.35.